The van der Waals surface area contributed by atoms with Gasteiger partial charge in [0, 0.05) is 44.4 Å². The number of ether oxygens (including phenoxy) is 1. The first-order chi connectivity index (χ1) is 18.8. The van der Waals surface area contributed by atoms with Crippen LogP contribution in [0.3, 0.4) is 0 Å². The van der Waals surface area contributed by atoms with Crippen LogP contribution in [0.1, 0.15) is 42.5 Å². The quantitative estimate of drug-likeness (QED) is 0.370. The maximum Gasteiger partial charge on any atom is 0.255 e. The van der Waals surface area contributed by atoms with Crippen molar-refractivity contribution >= 4 is 32.6 Å². The topological polar surface area (TPSA) is 132 Å². The Morgan fingerprint density at radius 2 is 1.74 bits per heavy atom. The van der Waals surface area contributed by atoms with E-state index in [0.29, 0.717) is 60.1 Å². The van der Waals surface area contributed by atoms with Crippen molar-refractivity contribution in [1.29, 1.82) is 0 Å². The number of pyridine rings is 1. The second-order valence-corrected chi connectivity index (χ2v) is 12.1. The van der Waals surface area contributed by atoms with Crippen molar-refractivity contribution in [3.63, 3.8) is 0 Å². The molecule has 2 aliphatic rings. The first-order valence-corrected chi connectivity index (χ1v) is 14.9. The van der Waals surface area contributed by atoms with Crippen LogP contribution in [-0.4, -0.2) is 75.4 Å². The summed E-state index contributed by atoms with van der Waals surface area (Å²) in [5.74, 6) is 1.22. The van der Waals surface area contributed by atoms with E-state index < -0.39 is 9.84 Å². The summed E-state index contributed by atoms with van der Waals surface area (Å²) in [5.41, 5.74) is 1.82. The number of sulfone groups is 1. The van der Waals surface area contributed by atoms with E-state index >= 15 is 0 Å². The van der Waals surface area contributed by atoms with Crippen molar-refractivity contribution in [2.45, 2.75) is 49.1 Å². The number of amides is 1. The Balaban J connectivity index is 1.09. The smallest absolute Gasteiger partial charge is 0.255 e. The number of piperidine rings is 1. The molecule has 2 fully saturated rings. The zero-order chi connectivity index (χ0) is 27.0. The zero-order valence-corrected chi connectivity index (χ0v) is 22.3. The van der Waals surface area contributed by atoms with Crippen LogP contribution in [0, 0.1) is 0 Å². The lowest BCUT2D eigenvalue weighted by Gasteiger charge is -2.32. The molecule has 1 N–H and O–H groups in total. The number of nitrogens with one attached hydrogen (secondary N) is 1. The minimum absolute atomic E-state index is 0.0243. The Hall–Kier alpha value is -4.06. The van der Waals surface area contributed by atoms with E-state index in [-0.39, 0.29) is 16.9 Å². The van der Waals surface area contributed by atoms with Gasteiger partial charge in [0.2, 0.25) is 5.88 Å². The fraction of sp³-hybridized carbons (Fsp3) is 0.370. The Labute approximate surface area is 226 Å². The van der Waals surface area contributed by atoms with E-state index in [1.165, 1.54) is 31.8 Å². The molecular formula is C27H29N7O4S. The molecule has 1 aliphatic carbocycles. The van der Waals surface area contributed by atoms with E-state index in [9.17, 15) is 13.2 Å². The van der Waals surface area contributed by atoms with Crippen LogP contribution in [0.15, 0.2) is 60.0 Å². The molecule has 39 heavy (non-hydrogen) atoms. The summed E-state index contributed by atoms with van der Waals surface area (Å²) < 4.78 is 31.4. The summed E-state index contributed by atoms with van der Waals surface area (Å²) in [6.45, 7) is 1.15. The minimum Gasteiger partial charge on any atom is -0.474 e. The maximum atomic E-state index is 13.0. The number of likely N-dealkylation sites (tertiary alicyclic amines) is 1. The van der Waals surface area contributed by atoms with Gasteiger partial charge < -0.3 is 15.0 Å². The van der Waals surface area contributed by atoms with Gasteiger partial charge >= 0.3 is 0 Å². The van der Waals surface area contributed by atoms with E-state index in [1.54, 1.807) is 41.3 Å². The summed E-state index contributed by atoms with van der Waals surface area (Å²) in [6.07, 6.45) is 10.7. The molecule has 202 valence electrons. The number of carbonyl (C=O) groups excluding carboxylic acids is 1. The molecule has 12 heteroatoms. The van der Waals surface area contributed by atoms with Crippen LogP contribution in [0.25, 0.3) is 16.7 Å². The van der Waals surface area contributed by atoms with Crippen molar-refractivity contribution in [1.82, 2.24) is 29.6 Å². The molecule has 1 amide bonds. The van der Waals surface area contributed by atoms with E-state index in [2.05, 4.69) is 25.4 Å². The third kappa shape index (κ3) is 5.29. The Kier molecular flexibility index (Phi) is 6.63. The lowest BCUT2D eigenvalue weighted by molar-refractivity contribution is 0.0590. The fourth-order valence-corrected chi connectivity index (χ4v) is 5.46. The van der Waals surface area contributed by atoms with Gasteiger partial charge in [-0.25, -0.2) is 28.1 Å². The van der Waals surface area contributed by atoms with E-state index in [0.717, 1.165) is 5.82 Å². The van der Waals surface area contributed by atoms with Gasteiger partial charge in [0.05, 0.1) is 22.3 Å². The van der Waals surface area contributed by atoms with Gasteiger partial charge in [-0.1, -0.05) is 0 Å². The molecule has 0 unspecified atom stereocenters. The fourth-order valence-electron chi connectivity index (χ4n) is 4.82. The van der Waals surface area contributed by atoms with Gasteiger partial charge in [0.15, 0.2) is 15.5 Å². The molecule has 3 aromatic heterocycles. The number of hydrogen-bond acceptors (Lipinski definition) is 9. The largest absolute Gasteiger partial charge is 0.474 e. The van der Waals surface area contributed by atoms with Gasteiger partial charge in [0.1, 0.15) is 23.6 Å². The molecule has 6 rings (SSSR count). The van der Waals surface area contributed by atoms with Gasteiger partial charge in [0.25, 0.3) is 5.91 Å². The molecule has 11 nitrogen and oxygen atoms in total. The maximum absolute atomic E-state index is 13.0. The molecule has 1 saturated carbocycles. The van der Waals surface area contributed by atoms with Gasteiger partial charge in [-0.3, -0.25) is 4.79 Å². The standard InChI is InChI=1S/C27H29N7O4S/c1-39(36,37)22-8-6-20(7-9-22)34-25-23(16-31-34)26(30-17-29-25)38-21-11-13-33(14-12-21)27(35)18-5-10-24(28-15-18)32-19-3-2-4-19/h5-10,15-17,19,21H,2-4,11-14H2,1H3,(H,28,32). The van der Waals surface area contributed by atoms with Crippen molar-refractivity contribution in [3.8, 4) is 11.6 Å². The Morgan fingerprint density at radius 3 is 2.38 bits per heavy atom. The van der Waals surface area contributed by atoms with Gasteiger partial charge in [-0.05, 0) is 55.7 Å². The lowest BCUT2D eigenvalue weighted by atomic mass is 9.93. The molecule has 0 radical (unpaired) electrons. The van der Waals surface area contributed by atoms with Crippen molar-refractivity contribution in [2.75, 3.05) is 24.7 Å². The molecular weight excluding hydrogens is 518 g/mol. The summed E-state index contributed by atoms with van der Waals surface area (Å²) in [4.78, 5) is 28.2. The second-order valence-electron chi connectivity index (χ2n) is 10.1. The summed E-state index contributed by atoms with van der Waals surface area (Å²) in [6, 6.07) is 10.7. The molecule has 1 saturated heterocycles. The molecule has 0 atom stereocenters. The van der Waals surface area contributed by atoms with Crippen molar-refractivity contribution in [2.24, 2.45) is 0 Å². The third-order valence-electron chi connectivity index (χ3n) is 7.31. The average Bonchev–Trinajstić information content (AvgIpc) is 3.36. The highest BCUT2D eigenvalue weighted by Crippen LogP contribution is 2.27. The number of anilines is 1. The second kappa shape index (κ2) is 10.3. The number of nitrogens with zero attached hydrogens (tertiary/aromatic N) is 6. The van der Waals surface area contributed by atoms with Crippen LogP contribution in [0.5, 0.6) is 5.88 Å². The zero-order valence-electron chi connectivity index (χ0n) is 21.5. The number of fused-ring (bicyclic) bond motifs is 1. The third-order valence-corrected chi connectivity index (χ3v) is 8.44. The average molecular weight is 548 g/mol. The highest BCUT2D eigenvalue weighted by molar-refractivity contribution is 7.90. The van der Waals surface area contributed by atoms with Crippen LogP contribution in [-0.2, 0) is 9.84 Å². The number of hydrogen-bond donors (Lipinski definition) is 1. The Morgan fingerprint density at radius 1 is 0.974 bits per heavy atom. The van der Waals surface area contributed by atoms with Crippen molar-refractivity contribution in [3.05, 3.63) is 60.7 Å². The van der Waals surface area contributed by atoms with Crippen LogP contribution in [0.4, 0.5) is 5.82 Å². The summed E-state index contributed by atoms with van der Waals surface area (Å²) in [7, 11) is -3.29. The first kappa shape index (κ1) is 25.2. The highest BCUT2D eigenvalue weighted by Gasteiger charge is 2.26. The lowest BCUT2D eigenvalue weighted by Crippen LogP contribution is -2.41. The molecule has 4 heterocycles. The number of benzene rings is 1. The number of carbonyl (C=O) groups is 1. The molecule has 1 aromatic carbocycles. The minimum atomic E-state index is -3.29. The van der Waals surface area contributed by atoms with Crippen LogP contribution in [0.2, 0.25) is 0 Å². The van der Waals surface area contributed by atoms with Gasteiger partial charge in [-0.15, -0.1) is 0 Å². The summed E-state index contributed by atoms with van der Waals surface area (Å²) >= 11 is 0. The molecule has 1 aliphatic heterocycles. The highest BCUT2D eigenvalue weighted by atomic mass is 32.2. The molecule has 4 aromatic rings. The predicted molar refractivity (Wildman–Crippen MR) is 145 cm³/mol. The van der Waals surface area contributed by atoms with E-state index in [1.807, 2.05) is 17.0 Å². The Bertz CT molecular complexity index is 1590. The monoisotopic (exact) mass is 547 g/mol. The molecule has 0 bridgehead atoms. The predicted octanol–water partition coefficient (Wildman–Crippen LogP) is 3.26. The number of rotatable bonds is 7. The summed E-state index contributed by atoms with van der Waals surface area (Å²) in [5, 5.41) is 8.48. The first-order valence-electron chi connectivity index (χ1n) is 13.0. The van der Waals surface area contributed by atoms with Crippen molar-refractivity contribution < 1.29 is 17.9 Å². The van der Waals surface area contributed by atoms with Crippen LogP contribution < -0.4 is 10.1 Å². The van der Waals surface area contributed by atoms with Crippen LogP contribution >= 0.6 is 0 Å². The SMILES string of the molecule is CS(=O)(=O)c1ccc(-n2ncc3c(OC4CCN(C(=O)c5ccc(NC6CCC6)nc5)CC4)ncnc32)cc1. The van der Waals surface area contributed by atoms with Gasteiger partial charge in [-0.2, -0.15) is 5.10 Å². The van der Waals surface area contributed by atoms with E-state index in [4.69, 9.17) is 4.74 Å². The number of aromatic nitrogens is 5. The molecule has 0 spiro atoms. The normalized spacial score (nSPS) is 16.7.